The van der Waals surface area contributed by atoms with E-state index in [1.165, 1.54) is 5.56 Å². The van der Waals surface area contributed by atoms with Crippen molar-refractivity contribution >= 4 is 5.82 Å². The first-order valence-corrected chi connectivity index (χ1v) is 5.53. The molecule has 0 aliphatic rings. The van der Waals surface area contributed by atoms with Crippen LogP contribution in [-0.2, 0) is 0 Å². The molecule has 0 aliphatic carbocycles. The quantitative estimate of drug-likeness (QED) is 0.823. The van der Waals surface area contributed by atoms with Crippen LogP contribution in [0.2, 0.25) is 0 Å². The number of hydrogen-bond acceptors (Lipinski definition) is 3. The van der Waals surface area contributed by atoms with Gasteiger partial charge in [0.25, 0.3) is 0 Å². The minimum Gasteiger partial charge on any atom is -0.360 e. The van der Waals surface area contributed by atoms with Gasteiger partial charge in [-0.25, -0.2) is 4.98 Å². The molecule has 3 nitrogen and oxygen atoms in total. The molecular formula is C12H21N3. The van der Waals surface area contributed by atoms with Crippen molar-refractivity contribution in [1.82, 2.24) is 4.98 Å². The van der Waals surface area contributed by atoms with Gasteiger partial charge in [0, 0.05) is 25.8 Å². The summed E-state index contributed by atoms with van der Waals surface area (Å²) >= 11 is 0. The second-order valence-electron chi connectivity index (χ2n) is 3.94. The van der Waals surface area contributed by atoms with Gasteiger partial charge in [-0.2, -0.15) is 0 Å². The maximum Gasteiger partial charge on any atom is 0.131 e. The Kier molecular flexibility index (Phi) is 4.09. The van der Waals surface area contributed by atoms with Crippen molar-refractivity contribution in [3.05, 3.63) is 23.4 Å². The minimum absolute atomic E-state index is 0.109. The molecule has 1 aromatic heterocycles. The van der Waals surface area contributed by atoms with E-state index in [4.69, 9.17) is 5.73 Å². The molecular weight excluding hydrogens is 186 g/mol. The van der Waals surface area contributed by atoms with Gasteiger partial charge in [0.2, 0.25) is 0 Å². The van der Waals surface area contributed by atoms with Crippen molar-refractivity contribution in [1.29, 1.82) is 0 Å². The predicted octanol–water partition coefficient (Wildman–Crippen LogP) is 2.26. The Labute approximate surface area is 92.3 Å². The van der Waals surface area contributed by atoms with Gasteiger partial charge in [0.05, 0.1) is 0 Å². The molecule has 0 aliphatic heterocycles. The summed E-state index contributed by atoms with van der Waals surface area (Å²) in [5, 5.41) is 0. The summed E-state index contributed by atoms with van der Waals surface area (Å²) < 4.78 is 0. The maximum absolute atomic E-state index is 5.97. The van der Waals surface area contributed by atoms with Crippen LogP contribution in [0, 0.1) is 6.92 Å². The SMILES string of the molecule is CC[C@@H](N)c1cnc(N(C)CC)c(C)c1. The molecule has 0 unspecified atom stereocenters. The fourth-order valence-electron chi connectivity index (χ4n) is 1.58. The van der Waals surface area contributed by atoms with E-state index in [0.29, 0.717) is 0 Å². The first-order chi connectivity index (χ1) is 7.10. The number of nitrogens with zero attached hydrogens (tertiary/aromatic N) is 2. The van der Waals surface area contributed by atoms with Crippen molar-refractivity contribution in [2.75, 3.05) is 18.5 Å². The molecule has 3 heteroatoms. The second-order valence-corrected chi connectivity index (χ2v) is 3.94. The number of hydrogen-bond donors (Lipinski definition) is 1. The minimum atomic E-state index is 0.109. The van der Waals surface area contributed by atoms with Crippen LogP contribution in [0.25, 0.3) is 0 Å². The van der Waals surface area contributed by atoms with Crippen LogP contribution in [-0.4, -0.2) is 18.6 Å². The Morgan fingerprint density at radius 1 is 1.47 bits per heavy atom. The van der Waals surface area contributed by atoms with Gasteiger partial charge in [-0.05, 0) is 37.5 Å². The van der Waals surface area contributed by atoms with Gasteiger partial charge in [-0.1, -0.05) is 6.92 Å². The average molecular weight is 207 g/mol. The van der Waals surface area contributed by atoms with E-state index in [1.54, 1.807) is 0 Å². The van der Waals surface area contributed by atoms with Crippen LogP contribution < -0.4 is 10.6 Å². The summed E-state index contributed by atoms with van der Waals surface area (Å²) in [5.74, 6) is 1.05. The van der Waals surface area contributed by atoms with Crippen LogP contribution in [0.15, 0.2) is 12.3 Å². The Morgan fingerprint density at radius 3 is 2.60 bits per heavy atom. The number of anilines is 1. The molecule has 15 heavy (non-hydrogen) atoms. The third-order valence-corrected chi connectivity index (χ3v) is 2.78. The molecule has 0 saturated heterocycles. The predicted molar refractivity (Wildman–Crippen MR) is 65.1 cm³/mol. The van der Waals surface area contributed by atoms with Crippen molar-refractivity contribution in [3.63, 3.8) is 0 Å². The summed E-state index contributed by atoms with van der Waals surface area (Å²) in [5.41, 5.74) is 8.29. The fraction of sp³-hybridized carbons (Fsp3) is 0.583. The standard InChI is InChI=1S/C12H21N3/c1-5-11(13)10-7-9(3)12(14-8-10)15(4)6-2/h7-8,11H,5-6,13H2,1-4H3/t11-/m1/s1. The molecule has 1 heterocycles. The topological polar surface area (TPSA) is 42.1 Å². The van der Waals surface area contributed by atoms with Gasteiger partial charge >= 0.3 is 0 Å². The molecule has 0 spiro atoms. The number of nitrogens with two attached hydrogens (primary N) is 1. The Hall–Kier alpha value is -1.09. The Balaban J connectivity index is 2.97. The molecule has 0 amide bonds. The van der Waals surface area contributed by atoms with E-state index in [-0.39, 0.29) is 6.04 Å². The van der Waals surface area contributed by atoms with Crippen LogP contribution in [0.1, 0.15) is 37.4 Å². The Bertz CT molecular complexity index is 323. The van der Waals surface area contributed by atoms with Gasteiger partial charge in [-0.3, -0.25) is 0 Å². The summed E-state index contributed by atoms with van der Waals surface area (Å²) in [6.45, 7) is 7.26. The van der Waals surface area contributed by atoms with Crippen molar-refractivity contribution in [2.24, 2.45) is 5.73 Å². The van der Waals surface area contributed by atoms with Crippen LogP contribution in [0.5, 0.6) is 0 Å². The van der Waals surface area contributed by atoms with Crippen molar-refractivity contribution < 1.29 is 0 Å². The first-order valence-electron chi connectivity index (χ1n) is 5.53. The molecule has 0 bridgehead atoms. The van der Waals surface area contributed by atoms with Crippen LogP contribution >= 0.6 is 0 Å². The second kappa shape index (κ2) is 5.12. The van der Waals surface area contributed by atoms with E-state index in [2.05, 4.69) is 43.8 Å². The molecule has 0 fully saturated rings. The van der Waals surface area contributed by atoms with Gasteiger partial charge in [0.15, 0.2) is 0 Å². The number of aryl methyl sites for hydroxylation is 1. The lowest BCUT2D eigenvalue weighted by Crippen LogP contribution is -2.19. The van der Waals surface area contributed by atoms with Gasteiger partial charge < -0.3 is 10.6 Å². The van der Waals surface area contributed by atoms with Crippen molar-refractivity contribution in [3.8, 4) is 0 Å². The third-order valence-electron chi connectivity index (χ3n) is 2.78. The lowest BCUT2D eigenvalue weighted by molar-refractivity contribution is 0.694. The first kappa shape index (κ1) is 12.0. The van der Waals surface area contributed by atoms with Crippen molar-refractivity contribution in [2.45, 2.75) is 33.2 Å². The highest BCUT2D eigenvalue weighted by atomic mass is 15.2. The highest BCUT2D eigenvalue weighted by molar-refractivity contribution is 5.46. The highest BCUT2D eigenvalue weighted by Gasteiger charge is 2.08. The lowest BCUT2D eigenvalue weighted by atomic mass is 10.1. The highest BCUT2D eigenvalue weighted by Crippen LogP contribution is 2.20. The summed E-state index contributed by atoms with van der Waals surface area (Å²) in [6, 6.07) is 2.25. The van der Waals surface area contributed by atoms with E-state index >= 15 is 0 Å². The smallest absolute Gasteiger partial charge is 0.131 e. The summed E-state index contributed by atoms with van der Waals surface area (Å²) in [7, 11) is 2.05. The molecule has 1 aromatic rings. The summed E-state index contributed by atoms with van der Waals surface area (Å²) in [6.07, 6.45) is 2.84. The number of aromatic nitrogens is 1. The summed E-state index contributed by atoms with van der Waals surface area (Å²) in [4.78, 5) is 6.60. The van der Waals surface area contributed by atoms with Crippen LogP contribution in [0.3, 0.4) is 0 Å². The fourth-order valence-corrected chi connectivity index (χ4v) is 1.58. The largest absolute Gasteiger partial charge is 0.360 e. The molecule has 2 N–H and O–H groups in total. The zero-order valence-electron chi connectivity index (χ0n) is 10.1. The number of rotatable bonds is 4. The number of pyridine rings is 1. The molecule has 1 atom stereocenters. The van der Waals surface area contributed by atoms with E-state index in [1.807, 2.05) is 6.20 Å². The molecule has 84 valence electrons. The average Bonchev–Trinajstić information content (AvgIpc) is 2.26. The van der Waals surface area contributed by atoms with Crippen LogP contribution in [0.4, 0.5) is 5.82 Å². The lowest BCUT2D eigenvalue weighted by Gasteiger charge is -2.19. The molecule has 0 saturated carbocycles. The van der Waals surface area contributed by atoms with E-state index in [9.17, 15) is 0 Å². The maximum atomic E-state index is 5.97. The molecule has 1 rings (SSSR count). The molecule has 0 aromatic carbocycles. The zero-order valence-corrected chi connectivity index (χ0v) is 10.1. The monoisotopic (exact) mass is 207 g/mol. The Morgan fingerprint density at radius 2 is 2.13 bits per heavy atom. The normalized spacial score (nSPS) is 12.6. The van der Waals surface area contributed by atoms with E-state index < -0.39 is 0 Å². The zero-order chi connectivity index (χ0) is 11.4. The van der Waals surface area contributed by atoms with E-state index in [0.717, 1.165) is 24.3 Å². The van der Waals surface area contributed by atoms with Gasteiger partial charge in [-0.15, -0.1) is 0 Å². The third kappa shape index (κ3) is 2.69. The molecule has 0 radical (unpaired) electrons. The van der Waals surface area contributed by atoms with Gasteiger partial charge in [0.1, 0.15) is 5.82 Å².